The number of carbonyl (C=O) groups excluding carboxylic acids is 1. The monoisotopic (exact) mass is 423 g/mol. The Morgan fingerprint density at radius 2 is 1.80 bits per heavy atom. The molecular weight excluding hydrogens is 398 g/mol. The van der Waals surface area contributed by atoms with Crippen LogP contribution in [0.15, 0.2) is 36.4 Å². The number of imidazole rings is 1. The molecule has 1 aliphatic heterocycles. The fraction of sp³-hybridized carbons (Fsp3) is 0.304. The van der Waals surface area contributed by atoms with Crippen molar-refractivity contribution < 1.29 is 4.79 Å². The van der Waals surface area contributed by atoms with Crippen LogP contribution >= 0.6 is 11.6 Å². The third-order valence-electron chi connectivity index (χ3n) is 5.79. The van der Waals surface area contributed by atoms with Crippen LogP contribution in [-0.4, -0.2) is 41.0 Å². The molecule has 2 aromatic carbocycles. The smallest absolute Gasteiger partial charge is 0.291 e. The van der Waals surface area contributed by atoms with E-state index in [1.54, 1.807) is 0 Å². The summed E-state index contributed by atoms with van der Waals surface area (Å²) in [6, 6.07) is 11.7. The largest absolute Gasteiger partial charge is 0.387 e. The number of aromatic nitrogens is 2. The van der Waals surface area contributed by atoms with E-state index in [-0.39, 0.29) is 5.91 Å². The van der Waals surface area contributed by atoms with Gasteiger partial charge < -0.3 is 20.1 Å². The van der Waals surface area contributed by atoms with Crippen LogP contribution in [0, 0.1) is 6.92 Å². The maximum absolute atomic E-state index is 13.1. The van der Waals surface area contributed by atoms with Crippen LogP contribution in [0.3, 0.4) is 0 Å². The molecular formula is C23H26ClN5O. The standard InChI is InChI=1S/C23H26ClN5O/c1-14-15(16-8-6-10-18(25-2)21(16)24)7-5-9-17(14)27-23(30)22-26-19-13-28(3)12-11-20(19)29(22)4/h5-10,25H,11-13H2,1-4H3,(H,27,30). The fourth-order valence-corrected chi connectivity index (χ4v) is 4.36. The van der Waals surface area contributed by atoms with Crippen molar-refractivity contribution in [3.63, 3.8) is 0 Å². The van der Waals surface area contributed by atoms with Crippen molar-refractivity contribution in [2.45, 2.75) is 19.9 Å². The predicted molar refractivity (Wildman–Crippen MR) is 122 cm³/mol. The van der Waals surface area contributed by atoms with Crippen LogP contribution in [0.5, 0.6) is 0 Å². The molecule has 0 atom stereocenters. The zero-order valence-electron chi connectivity index (χ0n) is 17.7. The number of hydrogen-bond donors (Lipinski definition) is 2. The van der Waals surface area contributed by atoms with Crippen LogP contribution in [0.25, 0.3) is 11.1 Å². The van der Waals surface area contributed by atoms with Crippen molar-refractivity contribution in [1.82, 2.24) is 14.5 Å². The van der Waals surface area contributed by atoms with E-state index >= 15 is 0 Å². The molecule has 1 aromatic heterocycles. The quantitative estimate of drug-likeness (QED) is 0.655. The van der Waals surface area contributed by atoms with Crippen LogP contribution in [0.4, 0.5) is 11.4 Å². The molecule has 0 saturated carbocycles. The highest BCUT2D eigenvalue weighted by Gasteiger charge is 2.24. The number of carbonyl (C=O) groups is 1. The highest BCUT2D eigenvalue weighted by atomic mass is 35.5. The highest BCUT2D eigenvalue weighted by molar-refractivity contribution is 6.36. The Kier molecular flexibility index (Phi) is 5.54. The molecule has 2 N–H and O–H groups in total. The highest BCUT2D eigenvalue weighted by Crippen LogP contribution is 2.37. The number of halogens is 1. The normalized spacial score (nSPS) is 13.8. The molecule has 0 saturated heterocycles. The molecule has 1 amide bonds. The molecule has 0 radical (unpaired) electrons. The van der Waals surface area contributed by atoms with Gasteiger partial charge in [0, 0.05) is 50.6 Å². The van der Waals surface area contributed by atoms with E-state index in [1.807, 2.05) is 62.0 Å². The lowest BCUT2D eigenvalue weighted by molar-refractivity contribution is 0.101. The van der Waals surface area contributed by atoms with E-state index in [1.165, 1.54) is 0 Å². The summed E-state index contributed by atoms with van der Waals surface area (Å²) in [6.45, 7) is 3.73. The third kappa shape index (κ3) is 3.57. The first-order chi connectivity index (χ1) is 14.4. The van der Waals surface area contributed by atoms with Crippen LogP contribution < -0.4 is 10.6 Å². The fourth-order valence-electron chi connectivity index (χ4n) is 4.04. The van der Waals surface area contributed by atoms with Crippen molar-refractivity contribution in [2.75, 3.05) is 31.3 Å². The molecule has 6 nitrogen and oxygen atoms in total. The molecule has 7 heteroatoms. The molecule has 30 heavy (non-hydrogen) atoms. The molecule has 156 valence electrons. The molecule has 1 aliphatic rings. The number of rotatable bonds is 4. The summed E-state index contributed by atoms with van der Waals surface area (Å²) < 4.78 is 1.92. The molecule has 4 rings (SSSR count). The van der Waals surface area contributed by atoms with Crippen molar-refractivity contribution >= 4 is 28.9 Å². The SMILES string of the molecule is CNc1cccc(-c2cccc(NC(=O)c3nc4c(n3C)CCN(C)C4)c2C)c1Cl. The van der Waals surface area contributed by atoms with E-state index < -0.39 is 0 Å². The first-order valence-electron chi connectivity index (χ1n) is 10.0. The number of anilines is 2. The summed E-state index contributed by atoms with van der Waals surface area (Å²) in [5, 5.41) is 6.82. The number of hydrogen-bond acceptors (Lipinski definition) is 4. The van der Waals surface area contributed by atoms with E-state index in [4.69, 9.17) is 11.6 Å². The van der Waals surface area contributed by atoms with Crippen molar-refractivity contribution in [3.8, 4) is 11.1 Å². The molecule has 3 aromatic rings. The van der Waals surface area contributed by atoms with Gasteiger partial charge in [-0.25, -0.2) is 4.98 Å². The number of amides is 1. The maximum atomic E-state index is 13.1. The van der Waals surface area contributed by atoms with Gasteiger partial charge in [-0.15, -0.1) is 0 Å². The van der Waals surface area contributed by atoms with Gasteiger partial charge >= 0.3 is 0 Å². The number of likely N-dealkylation sites (N-methyl/N-ethyl adjacent to an activating group) is 1. The van der Waals surface area contributed by atoms with E-state index in [0.717, 1.165) is 59.0 Å². The number of nitrogens with one attached hydrogen (secondary N) is 2. The zero-order valence-corrected chi connectivity index (χ0v) is 18.5. The van der Waals surface area contributed by atoms with E-state index in [9.17, 15) is 4.79 Å². The Labute approximate surface area is 181 Å². The molecule has 0 bridgehead atoms. The van der Waals surface area contributed by atoms with Crippen LogP contribution in [-0.2, 0) is 20.0 Å². The molecule has 0 aliphatic carbocycles. The lowest BCUT2D eigenvalue weighted by atomic mass is 9.98. The average molecular weight is 424 g/mol. The van der Waals surface area contributed by atoms with Crippen LogP contribution in [0.2, 0.25) is 5.02 Å². The molecule has 0 fully saturated rings. The zero-order chi connectivity index (χ0) is 21.4. The first-order valence-corrected chi connectivity index (χ1v) is 10.4. The van der Waals surface area contributed by atoms with Gasteiger partial charge in [0.15, 0.2) is 5.82 Å². The summed E-state index contributed by atoms with van der Waals surface area (Å²) >= 11 is 6.59. The minimum absolute atomic E-state index is 0.204. The van der Waals surface area contributed by atoms with Gasteiger partial charge in [0.2, 0.25) is 0 Å². The minimum atomic E-state index is -0.204. The first kappa shape index (κ1) is 20.4. The maximum Gasteiger partial charge on any atom is 0.291 e. The summed E-state index contributed by atoms with van der Waals surface area (Å²) in [4.78, 5) is 19.9. The van der Waals surface area contributed by atoms with Crippen molar-refractivity contribution in [1.29, 1.82) is 0 Å². The Morgan fingerprint density at radius 3 is 2.53 bits per heavy atom. The van der Waals surface area contributed by atoms with Gasteiger partial charge in [-0.05, 0) is 37.2 Å². The lowest BCUT2D eigenvalue weighted by Gasteiger charge is -2.21. The van der Waals surface area contributed by atoms with Crippen molar-refractivity contribution in [2.24, 2.45) is 7.05 Å². The Balaban J connectivity index is 1.66. The van der Waals surface area contributed by atoms with Gasteiger partial charge in [0.25, 0.3) is 5.91 Å². The van der Waals surface area contributed by atoms with Crippen molar-refractivity contribution in [3.05, 3.63) is 64.2 Å². The third-order valence-corrected chi connectivity index (χ3v) is 6.20. The number of nitrogens with zero attached hydrogens (tertiary/aromatic N) is 3. The summed E-state index contributed by atoms with van der Waals surface area (Å²) in [5.41, 5.74) is 6.60. The second kappa shape index (κ2) is 8.13. The van der Waals surface area contributed by atoms with E-state index in [0.29, 0.717) is 10.8 Å². The summed E-state index contributed by atoms with van der Waals surface area (Å²) in [6.07, 6.45) is 0.900. The Morgan fingerprint density at radius 1 is 1.10 bits per heavy atom. The number of fused-ring (bicyclic) bond motifs is 1. The average Bonchev–Trinajstić information content (AvgIpc) is 3.06. The van der Waals surface area contributed by atoms with E-state index in [2.05, 4.69) is 27.6 Å². The lowest BCUT2D eigenvalue weighted by Crippen LogP contribution is -2.27. The van der Waals surface area contributed by atoms with Crippen LogP contribution in [0.1, 0.15) is 27.6 Å². The topological polar surface area (TPSA) is 62.2 Å². The van der Waals surface area contributed by atoms with Gasteiger partial charge in [0.1, 0.15) is 0 Å². The molecule has 0 spiro atoms. The molecule has 0 unspecified atom stereocenters. The van der Waals surface area contributed by atoms with Gasteiger partial charge in [-0.1, -0.05) is 35.9 Å². The predicted octanol–water partition coefficient (Wildman–Crippen LogP) is 4.33. The Bertz CT molecular complexity index is 1120. The summed E-state index contributed by atoms with van der Waals surface area (Å²) in [5.74, 6) is 0.236. The molecule has 2 heterocycles. The minimum Gasteiger partial charge on any atom is -0.387 e. The Hall–Kier alpha value is -2.83. The number of benzene rings is 2. The second-order valence-corrected chi connectivity index (χ2v) is 8.10. The second-order valence-electron chi connectivity index (χ2n) is 7.72. The van der Waals surface area contributed by atoms with Gasteiger partial charge in [-0.2, -0.15) is 0 Å². The van der Waals surface area contributed by atoms with Gasteiger partial charge in [0.05, 0.1) is 16.4 Å². The van der Waals surface area contributed by atoms with Gasteiger partial charge in [-0.3, -0.25) is 4.79 Å². The summed E-state index contributed by atoms with van der Waals surface area (Å²) in [7, 11) is 5.83.